The van der Waals surface area contributed by atoms with E-state index in [4.69, 9.17) is 0 Å². The maximum absolute atomic E-state index is 13.6. The van der Waals surface area contributed by atoms with Crippen molar-refractivity contribution in [2.45, 2.75) is 36.3 Å². The Morgan fingerprint density at radius 3 is 2.16 bits per heavy atom. The summed E-state index contributed by atoms with van der Waals surface area (Å²) >= 11 is 1.75. The fourth-order valence-corrected chi connectivity index (χ4v) is 6.35. The van der Waals surface area contributed by atoms with Crippen LogP contribution >= 0.6 is 11.8 Å². The minimum Gasteiger partial charge on any atom is -0.324 e. The third kappa shape index (κ3) is 6.42. The van der Waals surface area contributed by atoms with Gasteiger partial charge in [-0.25, -0.2) is 8.42 Å². The van der Waals surface area contributed by atoms with Crippen LogP contribution in [0.2, 0.25) is 0 Å². The number of anilines is 2. The van der Waals surface area contributed by atoms with E-state index in [-0.39, 0.29) is 11.4 Å². The van der Waals surface area contributed by atoms with Gasteiger partial charge in [0.05, 0.1) is 10.6 Å². The molecule has 7 heteroatoms. The van der Waals surface area contributed by atoms with Crippen molar-refractivity contribution in [2.75, 3.05) is 16.2 Å². The molecule has 4 aromatic rings. The van der Waals surface area contributed by atoms with Gasteiger partial charge in [0, 0.05) is 16.3 Å². The van der Waals surface area contributed by atoms with E-state index in [1.807, 2.05) is 57.2 Å². The molecule has 0 heterocycles. The summed E-state index contributed by atoms with van der Waals surface area (Å²) in [4.78, 5) is 14.5. The van der Waals surface area contributed by atoms with Crippen molar-refractivity contribution in [3.63, 3.8) is 0 Å². The first-order chi connectivity index (χ1) is 17.8. The molecule has 0 atom stereocenters. The number of aryl methyl sites for hydroxylation is 2. The number of carbonyl (C=O) groups is 1. The Labute approximate surface area is 223 Å². The van der Waals surface area contributed by atoms with Crippen molar-refractivity contribution in [1.29, 1.82) is 0 Å². The smallest absolute Gasteiger partial charge is 0.264 e. The van der Waals surface area contributed by atoms with Crippen molar-refractivity contribution in [1.82, 2.24) is 0 Å². The van der Waals surface area contributed by atoms with E-state index in [0.29, 0.717) is 11.4 Å². The number of benzene rings is 4. The molecular formula is C30H30N2O3S2. The van der Waals surface area contributed by atoms with E-state index in [9.17, 15) is 13.2 Å². The number of carbonyl (C=O) groups excluding carboxylic acids is 1. The van der Waals surface area contributed by atoms with E-state index in [1.54, 1.807) is 54.2 Å². The minimum absolute atomic E-state index is 0.139. The summed E-state index contributed by atoms with van der Waals surface area (Å²) in [5.74, 6) is 0.407. The highest BCUT2D eigenvalue weighted by Crippen LogP contribution is 2.29. The second-order valence-corrected chi connectivity index (χ2v) is 11.8. The Balaban J connectivity index is 1.54. The summed E-state index contributed by atoms with van der Waals surface area (Å²) in [6, 6.07) is 29.8. The first-order valence-electron chi connectivity index (χ1n) is 12.0. The summed E-state index contributed by atoms with van der Waals surface area (Å²) in [5, 5.41) is 2.92. The van der Waals surface area contributed by atoms with Gasteiger partial charge in [-0.3, -0.25) is 9.10 Å². The van der Waals surface area contributed by atoms with Crippen LogP contribution in [0.25, 0.3) is 0 Å². The zero-order valence-electron chi connectivity index (χ0n) is 21.1. The van der Waals surface area contributed by atoms with Crippen molar-refractivity contribution < 1.29 is 13.2 Å². The van der Waals surface area contributed by atoms with Crippen molar-refractivity contribution in [2.24, 2.45) is 0 Å². The van der Waals surface area contributed by atoms with Crippen LogP contribution in [-0.4, -0.2) is 20.9 Å². The molecule has 0 aliphatic heterocycles. The molecule has 0 bridgehead atoms. The molecular weight excluding hydrogens is 500 g/mol. The van der Waals surface area contributed by atoms with Gasteiger partial charge in [-0.1, -0.05) is 60.7 Å². The number of amides is 1. The lowest BCUT2D eigenvalue weighted by molar-refractivity contribution is -0.114. The van der Waals surface area contributed by atoms with Gasteiger partial charge >= 0.3 is 0 Å². The molecule has 5 nitrogen and oxygen atoms in total. The number of rotatable bonds is 9. The fourth-order valence-electron chi connectivity index (χ4n) is 3.98. The molecule has 0 aliphatic carbocycles. The van der Waals surface area contributed by atoms with Gasteiger partial charge in [0.1, 0.15) is 6.54 Å². The SMILES string of the molecule is Cc1cc(CSc2ccccc2)ccc1NC(=O)CN(c1cccc(C)c1C)S(=O)(=O)c1ccccc1. The number of hydrogen-bond acceptors (Lipinski definition) is 4. The van der Waals surface area contributed by atoms with Gasteiger partial charge < -0.3 is 5.32 Å². The molecule has 0 fully saturated rings. The Morgan fingerprint density at radius 1 is 0.811 bits per heavy atom. The second kappa shape index (κ2) is 11.7. The Bertz CT molecular complexity index is 1490. The molecule has 37 heavy (non-hydrogen) atoms. The van der Waals surface area contributed by atoms with Crippen molar-refractivity contribution in [3.05, 3.63) is 119 Å². The monoisotopic (exact) mass is 530 g/mol. The standard InChI is InChI=1S/C30H30N2O3S2/c1-22-11-10-16-29(24(22)3)32(37(34,35)27-14-8-5-9-15-27)20-30(33)31-28-18-17-25(19-23(28)2)21-36-26-12-6-4-7-13-26/h4-19H,20-21H2,1-3H3,(H,31,33). The quantitative estimate of drug-likeness (QED) is 0.244. The molecule has 1 amide bonds. The van der Waals surface area contributed by atoms with Crippen molar-refractivity contribution in [3.8, 4) is 0 Å². The second-order valence-electron chi connectivity index (χ2n) is 8.84. The number of hydrogen-bond donors (Lipinski definition) is 1. The van der Waals surface area contributed by atoms with Crippen LogP contribution in [0.3, 0.4) is 0 Å². The topological polar surface area (TPSA) is 66.5 Å². The molecule has 0 unspecified atom stereocenters. The summed E-state index contributed by atoms with van der Waals surface area (Å²) in [6.07, 6.45) is 0. The third-order valence-corrected chi connectivity index (χ3v) is 9.03. The number of thioether (sulfide) groups is 1. The van der Waals surface area contributed by atoms with E-state index < -0.39 is 15.9 Å². The predicted molar refractivity (Wildman–Crippen MR) is 153 cm³/mol. The van der Waals surface area contributed by atoms with Gasteiger partial charge in [-0.2, -0.15) is 0 Å². The predicted octanol–water partition coefficient (Wildman–Crippen LogP) is 6.74. The summed E-state index contributed by atoms with van der Waals surface area (Å²) < 4.78 is 28.5. The molecule has 0 radical (unpaired) electrons. The first-order valence-corrected chi connectivity index (χ1v) is 14.4. The van der Waals surface area contributed by atoms with E-state index >= 15 is 0 Å². The van der Waals surface area contributed by atoms with Gasteiger partial charge in [0.25, 0.3) is 10.0 Å². The zero-order valence-corrected chi connectivity index (χ0v) is 22.8. The Kier molecular flexibility index (Phi) is 8.36. The molecule has 4 rings (SSSR count). The zero-order chi connectivity index (χ0) is 26.4. The molecule has 0 saturated carbocycles. The first kappa shape index (κ1) is 26.5. The van der Waals surface area contributed by atoms with Gasteiger partial charge in [0.2, 0.25) is 5.91 Å². The van der Waals surface area contributed by atoms with Gasteiger partial charge in [-0.15, -0.1) is 11.8 Å². The lowest BCUT2D eigenvalue weighted by Gasteiger charge is -2.26. The maximum atomic E-state index is 13.6. The lowest BCUT2D eigenvalue weighted by atomic mass is 10.1. The summed E-state index contributed by atoms with van der Waals surface area (Å²) in [6.45, 7) is 5.39. The van der Waals surface area contributed by atoms with Crippen LogP contribution in [0.15, 0.2) is 107 Å². The molecule has 4 aromatic carbocycles. The number of nitrogens with zero attached hydrogens (tertiary/aromatic N) is 1. The van der Waals surface area contributed by atoms with Crippen LogP contribution in [-0.2, 0) is 20.6 Å². The van der Waals surface area contributed by atoms with E-state index in [0.717, 1.165) is 28.0 Å². The summed E-state index contributed by atoms with van der Waals surface area (Å²) in [7, 11) is -3.96. The number of nitrogens with one attached hydrogen (secondary N) is 1. The highest BCUT2D eigenvalue weighted by atomic mass is 32.2. The minimum atomic E-state index is -3.96. The molecule has 190 valence electrons. The van der Waals surface area contributed by atoms with E-state index in [1.165, 1.54) is 9.20 Å². The third-order valence-electron chi connectivity index (χ3n) is 6.18. The van der Waals surface area contributed by atoms with Gasteiger partial charge in [0.15, 0.2) is 0 Å². The molecule has 0 saturated heterocycles. The molecule has 0 aromatic heterocycles. The normalized spacial score (nSPS) is 11.2. The molecule has 1 N–H and O–H groups in total. The van der Waals surface area contributed by atoms with Crippen LogP contribution < -0.4 is 9.62 Å². The van der Waals surface area contributed by atoms with Crippen LogP contribution in [0.5, 0.6) is 0 Å². The highest BCUT2D eigenvalue weighted by Gasteiger charge is 2.28. The highest BCUT2D eigenvalue weighted by molar-refractivity contribution is 7.98. The largest absolute Gasteiger partial charge is 0.324 e. The molecule has 0 aliphatic rings. The summed E-state index contributed by atoms with van der Waals surface area (Å²) in [5.41, 5.74) is 4.98. The maximum Gasteiger partial charge on any atom is 0.264 e. The van der Waals surface area contributed by atoms with Crippen LogP contribution in [0.4, 0.5) is 11.4 Å². The Hall–Kier alpha value is -3.55. The lowest BCUT2D eigenvalue weighted by Crippen LogP contribution is -2.38. The van der Waals surface area contributed by atoms with E-state index in [2.05, 4.69) is 23.5 Å². The average Bonchev–Trinajstić information content (AvgIpc) is 2.90. The van der Waals surface area contributed by atoms with Crippen molar-refractivity contribution >= 4 is 39.1 Å². The average molecular weight is 531 g/mol. The molecule has 0 spiro atoms. The fraction of sp³-hybridized carbons (Fsp3) is 0.167. The van der Waals surface area contributed by atoms with Crippen LogP contribution in [0, 0.1) is 20.8 Å². The van der Waals surface area contributed by atoms with Gasteiger partial charge in [-0.05, 0) is 79.4 Å². The Morgan fingerprint density at radius 2 is 1.49 bits per heavy atom. The van der Waals surface area contributed by atoms with Crippen LogP contribution in [0.1, 0.15) is 22.3 Å². The number of sulfonamides is 1.